The fraction of sp³-hybridized carbons (Fsp3) is 0.769. The molecule has 0 aromatic carbocycles. The molecule has 0 radical (unpaired) electrons. The number of ether oxygens (including phenoxy) is 2. The van der Waals surface area contributed by atoms with Gasteiger partial charge in [0.2, 0.25) is 0 Å². The number of hydrogen-bond acceptors (Lipinski definition) is 4. The third-order valence-electron chi connectivity index (χ3n) is 2.72. The molecule has 1 amide bonds. The van der Waals surface area contributed by atoms with Crippen LogP contribution < -0.4 is 0 Å². The predicted octanol–water partition coefficient (Wildman–Crippen LogP) is 3.22. The monoisotopic (exact) mass is 282 g/mol. The average Bonchev–Trinajstić information content (AvgIpc) is 2.58. The largest absolute Gasteiger partial charge is 0.444 e. The molecular weight excluding hydrogens is 260 g/mol. The number of azide groups is 1. The summed E-state index contributed by atoms with van der Waals surface area (Å²) in [5.74, 6) is 0. The normalized spacial score (nSPS) is 21.9. The zero-order valence-electron chi connectivity index (χ0n) is 12.7. The molecule has 20 heavy (non-hydrogen) atoms. The highest BCUT2D eigenvalue weighted by atomic mass is 16.6. The van der Waals surface area contributed by atoms with Crippen LogP contribution in [0, 0.1) is 0 Å². The topological polar surface area (TPSA) is 87.5 Å². The zero-order valence-corrected chi connectivity index (χ0v) is 12.7. The standard InChI is InChI=1S/C13H22N4O3/c1-12(2,3)20-11(18)17-10(7-6-8-15-16-14)9-19-13(17,4)5/h6-7,10H,8-9H2,1-5H3/b7-6+. The van der Waals surface area contributed by atoms with E-state index in [4.69, 9.17) is 15.0 Å². The first kappa shape index (κ1) is 16.3. The Balaban J connectivity index is 2.82. The Morgan fingerprint density at radius 1 is 1.60 bits per heavy atom. The van der Waals surface area contributed by atoms with Gasteiger partial charge in [0.1, 0.15) is 11.3 Å². The van der Waals surface area contributed by atoms with E-state index in [-0.39, 0.29) is 12.6 Å². The number of nitrogens with zero attached hydrogens (tertiary/aromatic N) is 4. The second kappa shape index (κ2) is 6.15. The lowest BCUT2D eigenvalue weighted by molar-refractivity contribution is -0.0610. The maximum Gasteiger partial charge on any atom is 0.413 e. The first-order chi connectivity index (χ1) is 9.17. The second-order valence-electron chi connectivity index (χ2n) is 6.02. The molecule has 1 unspecified atom stereocenters. The summed E-state index contributed by atoms with van der Waals surface area (Å²) in [5, 5.41) is 3.42. The molecule has 0 N–H and O–H groups in total. The SMILES string of the molecule is CC(C)(C)OC(=O)N1C(/C=C/CN=[N+]=[N-])COC1(C)C. The quantitative estimate of drug-likeness (QED) is 0.344. The summed E-state index contributed by atoms with van der Waals surface area (Å²) < 4.78 is 11.0. The van der Waals surface area contributed by atoms with Crippen LogP contribution in [0.25, 0.3) is 10.4 Å². The van der Waals surface area contributed by atoms with Gasteiger partial charge in [-0.3, -0.25) is 4.90 Å². The van der Waals surface area contributed by atoms with Crippen molar-refractivity contribution in [3.8, 4) is 0 Å². The van der Waals surface area contributed by atoms with Gasteiger partial charge in [0, 0.05) is 11.5 Å². The van der Waals surface area contributed by atoms with Gasteiger partial charge in [-0.2, -0.15) is 0 Å². The Bertz CT molecular complexity index is 433. The van der Waals surface area contributed by atoms with Gasteiger partial charge in [0.15, 0.2) is 0 Å². The first-order valence-electron chi connectivity index (χ1n) is 6.51. The Labute approximate surface area is 119 Å². The van der Waals surface area contributed by atoms with Crippen molar-refractivity contribution in [1.82, 2.24) is 4.90 Å². The summed E-state index contributed by atoms with van der Waals surface area (Å²) in [6.45, 7) is 9.73. The van der Waals surface area contributed by atoms with Gasteiger partial charge >= 0.3 is 6.09 Å². The van der Waals surface area contributed by atoms with Crippen LogP contribution in [0.3, 0.4) is 0 Å². The van der Waals surface area contributed by atoms with Gasteiger partial charge in [0.25, 0.3) is 0 Å². The van der Waals surface area contributed by atoms with E-state index in [0.717, 1.165) is 0 Å². The average molecular weight is 282 g/mol. The van der Waals surface area contributed by atoms with Crippen molar-refractivity contribution in [2.24, 2.45) is 5.11 Å². The smallest absolute Gasteiger partial charge is 0.413 e. The molecule has 7 nitrogen and oxygen atoms in total. The van der Waals surface area contributed by atoms with Crippen molar-refractivity contribution in [3.63, 3.8) is 0 Å². The van der Waals surface area contributed by atoms with Gasteiger partial charge in [-0.25, -0.2) is 4.79 Å². The minimum absolute atomic E-state index is 0.228. The van der Waals surface area contributed by atoms with Gasteiger partial charge in [-0.15, -0.1) is 0 Å². The van der Waals surface area contributed by atoms with Crippen LogP contribution in [0.2, 0.25) is 0 Å². The van der Waals surface area contributed by atoms with Crippen molar-refractivity contribution < 1.29 is 14.3 Å². The number of carbonyl (C=O) groups is 1. The highest BCUT2D eigenvalue weighted by Crippen LogP contribution is 2.29. The molecule has 0 bridgehead atoms. The van der Waals surface area contributed by atoms with Gasteiger partial charge in [-0.05, 0) is 40.1 Å². The van der Waals surface area contributed by atoms with Crippen molar-refractivity contribution in [1.29, 1.82) is 0 Å². The summed E-state index contributed by atoms with van der Waals surface area (Å²) in [7, 11) is 0. The molecule has 7 heteroatoms. The van der Waals surface area contributed by atoms with Crippen molar-refractivity contribution in [3.05, 3.63) is 22.6 Å². The van der Waals surface area contributed by atoms with Gasteiger partial charge in [0.05, 0.1) is 12.6 Å². The summed E-state index contributed by atoms with van der Waals surface area (Å²) in [4.78, 5) is 16.5. The first-order valence-corrected chi connectivity index (χ1v) is 6.51. The molecule has 0 spiro atoms. The third kappa shape index (κ3) is 4.43. The molecule has 1 rings (SSSR count). The fourth-order valence-electron chi connectivity index (χ4n) is 1.94. The van der Waals surface area contributed by atoms with E-state index in [1.54, 1.807) is 17.1 Å². The van der Waals surface area contributed by atoms with E-state index >= 15 is 0 Å². The van der Waals surface area contributed by atoms with Crippen molar-refractivity contribution in [2.75, 3.05) is 13.2 Å². The number of carbonyl (C=O) groups excluding carboxylic acids is 1. The van der Waals surface area contributed by atoms with Crippen LogP contribution in [0.4, 0.5) is 4.79 Å². The van der Waals surface area contributed by atoms with Crippen LogP contribution >= 0.6 is 0 Å². The highest BCUT2D eigenvalue weighted by Gasteiger charge is 2.44. The molecule has 112 valence electrons. The van der Waals surface area contributed by atoms with E-state index < -0.39 is 17.4 Å². The minimum atomic E-state index is -0.726. The summed E-state index contributed by atoms with van der Waals surface area (Å²) in [5.41, 5.74) is 6.94. The highest BCUT2D eigenvalue weighted by molar-refractivity contribution is 5.70. The van der Waals surface area contributed by atoms with Crippen LogP contribution in [-0.4, -0.2) is 41.5 Å². The van der Waals surface area contributed by atoms with Crippen LogP contribution in [0.1, 0.15) is 34.6 Å². The Kier molecular flexibility index (Phi) is 5.03. The second-order valence-corrected chi connectivity index (χ2v) is 6.02. The number of amides is 1. The fourth-order valence-corrected chi connectivity index (χ4v) is 1.94. The lowest BCUT2D eigenvalue weighted by Gasteiger charge is -2.34. The summed E-state index contributed by atoms with van der Waals surface area (Å²) in [6.07, 6.45) is 3.10. The molecule has 1 heterocycles. The Morgan fingerprint density at radius 2 is 2.25 bits per heavy atom. The molecule has 0 aromatic heterocycles. The Hall–Kier alpha value is -1.72. The predicted molar refractivity (Wildman–Crippen MR) is 75.0 cm³/mol. The summed E-state index contributed by atoms with van der Waals surface area (Å²) in [6, 6.07) is -0.228. The molecular formula is C13H22N4O3. The molecule has 1 fully saturated rings. The maximum absolute atomic E-state index is 12.3. The van der Waals surface area contributed by atoms with Gasteiger partial charge in [-0.1, -0.05) is 17.3 Å². The molecule has 0 aromatic rings. The van der Waals surface area contributed by atoms with Crippen LogP contribution in [0.5, 0.6) is 0 Å². The lowest BCUT2D eigenvalue weighted by Crippen LogP contribution is -2.49. The van der Waals surface area contributed by atoms with E-state index in [9.17, 15) is 4.79 Å². The lowest BCUT2D eigenvalue weighted by atomic mass is 10.2. The van der Waals surface area contributed by atoms with E-state index in [0.29, 0.717) is 6.61 Å². The zero-order chi connectivity index (χ0) is 15.4. The molecule has 1 aliphatic heterocycles. The number of rotatable bonds is 3. The van der Waals surface area contributed by atoms with Crippen molar-refractivity contribution in [2.45, 2.75) is 52.0 Å². The molecule has 1 atom stereocenters. The Morgan fingerprint density at radius 3 is 2.80 bits per heavy atom. The van der Waals surface area contributed by atoms with Gasteiger partial charge < -0.3 is 9.47 Å². The third-order valence-corrected chi connectivity index (χ3v) is 2.72. The summed E-state index contributed by atoms with van der Waals surface area (Å²) >= 11 is 0. The number of hydrogen-bond donors (Lipinski definition) is 0. The molecule has 1 saturated heterocycles. The van der Waals surface area contributed by atoms with Crippen molar-refractivity contribution >= 4 is 6.09 Å². The van der Waals surface area contributed by atoms with E-state index in [1.807, 2.05) is 34.6 Å². The van der Waals surface area contributed by atoms with Crippen LogP contribution in [-0.2, 0) is 9.47 Å². The van der Waals surface area contributed by atoms with E-state index in [2.05, 4.69) is 10.0 Å². The molecule has 1 aliphatic rings. The van der Waals surface area contributed by atoms with Crippen LogP contribution in [0.15, 0.2) is 17.3 Å². The minimum Gasteiger partial charge on any atom is -0.444 e. The van der Waals surface area contributed by atoms with E-state index in [1.165, 1.54) is 0 Å². The maximum atomic E-state index is 12.3. The molecule has 0 aliphatic carbocycles. The molecule has 0 saturated carbocycles.